The van der Waals surface area contributed by atoms with Crippen molar-refractivity contribution in [1.82, 2.24) is 15.2 Å². The fourth-order valence-corrected chi connectivity index (χ4v) is 5.47. The lowest BCUT2D eigenvalue weighted by atomic mass is 9.87. The van der Waals surface area contributed by atoms with Gasteiger partial charge in [0.15, 0.2) is 5.13 Å². The number of hydrogen-bond donors (Lipinski definition) is 1. The predicted octanol–water partition coefficient (Wildman–Crippen LogP) is 2.61. The number of aromatic nitrogens is 1. The normalized spacial score (nSPS) is 28.2. The molecule has 0 radical (unpaired) electrons. The molecule has 0 bridgehead atoms. The van der Waals surface area contributed by atoms with Gasteiger partial charge in [0.2, 0.25) is 0 Å². The van der Waals surface area contributed by atoms with Crippen LogP contribution in [0.3, 0.4) is 0 Å². The minimum atomic E-state index is 0.00126. The summed E-state index contributed by atoms with van der Waals surface area (Å²) >= 11 is 1.61. The van der Waals surface area contributed by atoms with Gasteiger partial charge in [-0.15, -0.1) is 0 Å². The highest BCUT2D eigenvalue weighted by Gasteiger charge is 2.45. The van der Waals surface area contributed by atoms with Gasteiger partial charge in [-0.05, 0) is 45.5 Å². The van der Waals surface area contributed by atoms with Gasteiger partial charge in [-0.2, -0.15) is 0 Å². The maximum atomic E-state index is 12.7. The van der Waals surface area contributed by atoms with Crippen LogP contribution in [0, 0.1) is 0 Å². The minimum Gasteiger partial charge on any atom is -0.493 e. The first kappa shape index (κ1) is 15.4. The maximum absolute atomic E-state index is 12.7. The monoisotopic (exact) mass is 358 g/mol. The van der Waals surface area contributed by atoms with Crippen molar-refractivity contribution in [2.24, 2.45) is 0 Å². The van der Waals surface area contributed by atoms with Crippen LogP contribution in [-0.2, 0) is 6.42 Å². The molecule has 1 saturated carbocycles. The van der Waals surface area contributed by atoms with Gasteiger partial charge in [-0.1, -0.05) is 11.3 Å². The molecule has 132 valence electrons. The Hall–Kier alpha value is -1.86. The van der Waals surface area contributed by atoms with Crippen molar-refractivity contribution < 1.29 is 9.53 Å². The fraction of sp³-hybridized carbons (Fsp3) is 0.556. The topological polar surface area (TPSA) is 57.7 Å². The molecule has 0 spiro atoms. The molecule has 1 saturated heterocycles. The first-order valence-corrected chi connectivity index (χ1v) is 9.75. The molecule has 5 rings (SSSR count). The van der Waals surface area contributed by atoms with E-state index < -0.39 is 0 Å². The number of ether oxygens (including phenoxy) is 1. The highest BCUT2D eigenvalue weighted by atomic mass is 32.1. The summed E-state index contributed by atoms with van der Waals surface area (Å²) in [6.07, 6.45) is 4.06. The number of nitrogens with zero attached hydrogens (tertiary/aromatic N) is 3. The summed E-state index contributed by atoms with van der Waals surface area (Å²) in [6.45, 7) is 0.723. The number of carbonyl (C=O) groups is 1. The molecule has 3 aliphatic rings. The van der Waals surface area contributed by atoms with Gasteiger partial charge in [-0.25, -0.2) is 9.78 Å². The van der Waals surface area contributed by atoms with E-state index in [0.29, 0.717) is 6.04 Å². The zero-order valence-corrected chi connectivity index (χ0v) is 15.3. The average molecular weight is 358 g/mol. The summed E-state index contributed by atoms with van der Waals surface area (Å²) in [7, 11) is 4.25. The van der Waals surface area contributed by atoms with E-state index in [1.807, 2.05) is 11.0 Å². The van der Waals surface area contributed by atoms with Crippen LogP contribution in [0.5, 0.6) is 5.75 Å². The summed E-state index contributed by atoms with van der Waals surface area (Å²) in [5.74, 6) is 0.943. The maximum Gasteiger partial charge on any atom is 0.324 e. The third-order valence-electron chi connectivity index (χ3n) is 5.81. The number of hydrogen-bond acceptors (Lipinski definition) is 5. The third-order valence-corrected chi connectivity index (χ3v) is 6.83. The fourth-order valence-electron chi connectivity index (χ4n) is 4.42. The average Bonchev–Trinajstić information content (AvgIpc) is 3.28. The summed E-state index contributed by atoms with van der Waals surface area (Å²) in [5, 5.41) is 3.99. The second-order valence-electron chi connectivity index (χ2n) is 7.41. The first-order chi connectivity index (χ1) is 12.1. The van der Waals surface area contributed by atoms with Crippen LogP contribution in [-0.4, -0.2) is 54.7 Å². The van der Waals surface area contributed by atoms with Gasteiger partial charge < -0.3 is 15.0 Å². The standard InChI is InChI=1S/C18H22N4O2S/c1-21(2)10-3-4-12-13(9-10)22(17(23)19-12)18-20-16-11-7-8-24-14(11)5-6-15(16)25-18/h5-6,10,12-13H,3-4,7-9H2,1-2H3,(H,19,23)/t10-,12+,13-/m1/s1. The van der Waals surface area contributed by atoms with Crippen molar-refractivity contribution in [2.75, 3.05) is 25.6 Å². The summed E-state index contributed by atoms with van der Waals surface area (Å²) < 4.78 is 6.79. The Labute approximate surface area is 150 Å². The number of benzene rings is 1. The Balaban J connectivity index is 1.53. The van der Waals surface area contributed by atoms with Crippen LogP contribution in [0.1, 0.15) is 24.8 Å². The molecule has 2 aliphatic heterocycles. The van der Waals surface area contributed by atoms with Crippen LogP contribution in [0.25, 0.3) is 10.2 Å². The van der Waals surface area contributed by atoms with Gasteiger partial charge in [0.05, 0.1) is 28.9 Å². The smallest absolute Gasteiger partial charge is 0.324 e. The molecule has 2 aromatic rings. The van der Waals surface area contributed by atoms with Gasteiger partial charge in [-0.3, -0.25) is 4.90 Å². The van der Waals surface area contributed by atoms with E-state index in [-0.39, 0.29) is 18.1 Å². The first-order valence-electron chi connectivity index (χ1n) is 8.93. The van der Waals surface area contributed by atoms with E-state index in [1.54, 1.807) is 11.3 Å². The molecule has 3 atom stereocenters. The van der Waals surface area contributed by atoms with E-state index in [1.165, 1.54) is 5.56 Å². The van der Waals surface area contributed by atoms with Crippen LogP contribution < -0.4 is 15.0 Å². The van der Waals surface area contributed by atoms with E-state index in [4.69, 9.17) is 9.72 Å². The van der Waals surface area contributed by atoms with Crippen molar-refractivity contribution in [1.29, 1.82) is 0 Å². The van der Waals surface area contributed by atoms with Crippen LogP contribution in [0.15, 0.2) is 12.1 Å². The number of anilines is 1. The molecule has 1 aliphatic carbocycles. The number of amides is 2. The minimum absolute atomic E-state index is 0.00126. The second kappa shape index (κ2) is 5.57. The molecule has 3 heterocycles. The van der Waals surface area contributed by atoms with Crippen molar-refractivity contribution in [3.63, 3.8) is 0 Å². The van der Waals surface area contributed by atoms with Crippen LogP contribution in [0.2, 0.25) is 0 Å². The van der Waals surface area contributed by atoms with E-state index in [2.05, 4.69) is 30.4 Å². The Bertz CT molecular complexity index is 849. The summed E-state index contributed by atoms with van der Waals surface area (Å²) in [6, 6.07) is 5.05. The van der Waals surface area contributed by atoms with Crippen molar-refractivity contribution in [3.05, 3.63) is 17.7 Å². The molecule has 0 unspecified atom stereocenters. The zero-order valence-electron chi connectivity index (χ0n) is 14.5. The largest absolute Gasteiger partial charge is 0.493 e. The Morgan fingerprint density at radius 1 is 1.36 bits per heavy atom. The number of nitrogens with one attached hydrogen (secondary N) is 1. The lowest BCUT2D eigenvalue weighted by molar-refractivity contribution is 0.202. The molecule has 2 fully saturated rings. The van der Waals surface area contributed by atoms with E-state index in [0.717, 1.165) is 53.4 Å². The molecule has 1 aromatic heterocycles. The van der Waals surface area contributed by atoms with Crippen molar-refractivity contribution >= 4 is 32.7 Å². The summed E-state index contributed by atoms with van der Waals surface area (Å²) in [5.41, 5.74) is 2.19. The number of urea groups is 1. The lowest BCUT2D eigenvalue weighted by Crippen LogP contribution is -2.47. The van der Waals surface area contributed by atoms with Crippen LogP contribution in [0.4, 0.5) is 9.93 Å². The quantitative estimate of drug-likeness (QED) is 0.897. The van der Waals surface area contributed by atoms with Gasteiger partial charge in [0.25, 0.3) is 0 Å². The van der Waals surface area contributed by atoms with E-state index in [9.17, 15) is 4.79 Å². The summed E-state index contributed by atoms with van der Waals surface area (Å²) in [4.78, 5) is 21.7. The molecule has 1 aromatic carbocycles. The number of carbonyl (C=O) groups excluding carboxylic acids is 1. The van der Waals surface area contributed by atoms with E-state index >= 15 is 0 Å². The van der Waals surface area contributed by atoms with Crippen LogP contribution >= 0.6 is 11.3 Å². The van der Waals surface area contributed by atoms with Crippen molar-refractivity contribution in [2.45, 2.75) is 43.8 Å². The predicted molar refractivity (Wildman–Crippen MR) is 98.7 cm³/mol. The molecule has 2 amide bonds. The lowest BCUT2D eigenvalue weighted by Gasteiger charge is -2.36. The molecular formula is C18H22N4O2S. The number of rotatable bonds is 2. The Morgan fingerprint density at radius 2 is 2.24 bits per heavy atom. The van der Waals surface area contributed by atoms with Gasteiger partial charge in [0, 0.05) is 18.0 Å². The number of thiazole rings is 1. The Kier molecular flexibility index (Phi) is 3.43. The Morgan fingerprint density at radius 3 is 3.08 bits per heavy atom. The molecule has 25 heavy (non-hydrogen) atoms. The molecular weight excluding hydrogens is 336 g/mol. The molecule has 6 nitrogen and oxygen atoms in total. The SMILES string of the molecule is CN(C)[C@@H]1CC[C@@H]2NC(=O)N(c3nc4c5c(ccc4s3)OCC5)[C@@H]2C1. The molecule has 1 N–H and O–H groups in total. The van der Waals surface area contributed by atoms with Gasteiger partial charge in [0.1, 0.15) is 5.75 Å². The third kappa shape index (κ3) is 2.33. The number of fused-ring (bicyclic) bond motifs is 4. The highest BCUT2D eigenvalue weighted by Crippen LogP contribution is 2.40. The highest BCUT2D eigenvalue weighted by molar-refractivity contribution is 7.22. The zero-order chi connectivity index (χ0) is 17.1. The van der Waals surface area contributed by atoms with Crippen molar-refractivity contribution in [3.8, 4) is 5.75 Å². The second-order valence-corrected chi connectivity index (χ2v) is 8.42. The van der Waals surface area contributed by atoms with Gasteiger partial charge >= 0.3 is 6.03 Å². The molecule has 7 heteroatoms.